The van der Waals surface area contributed by atoms with E-state index in [0.29, 0.717) is 13.1 Å². The van der Waals surface area contributed by atoms with Crippen molar-refractivity contribution >= 4 is 21.9 Å². The number of furan rings is 1. The topological polar surface area (TPSA) is 51.5 Å². The first-order valence-electron chi connectivity index (χ1n) is 4.34. The van der Waals surface area contributed by atoms with E-state index in [1.807, 2.05) is 0 Å². The van der Waals surface area contributed by atoms with Crippen molar-refractivity contribution in [2.75, 3.05) is 13.7 Å². The Bertz CT molecular complexity index is 359. The lowest BCUT2D eigenvalue weighted by atomic mass is 10.2. The molecule has 0 saturated carbocycles. The van der Waals surface area contributed by atoms with Gasteiger partial charge in [-0.25, -0.2) is 4.79 Å². The summed E-state index contributed by atoms with van der Waals surface area (Å²) in [5.41, 5.74) is 0.774. The minimum atomic E-state index is -0.463. The molecule has 1 N–H and O–H groups in total. The average molecular weight is 274 g/mol. The summed E-state index contributed by atoms with van der Waals surface area (Å²) in [6.45, 7) is 4.85. The molecular weight excluding hydrogens is 262 g/mol. The first kappa shape index (κ1) is 12.0. The van der Waals surface area contributed by atoms with Gasteiger partial charge in [-0.1, -0.05) is 22.5 Å². The van der Waals surface area contributed by atoms with Crippen LogP contribution >= 0.6 is 15.9 Å². The van der Waals surface area contributed by atoms with Crippen LogP contribution in [-0.2, 0) is 11.3 Å². The molecule has 0 aliphatic rings. The highest BCUT2D eigenvalue weighted by Gasteiger charge is 2.14. The summed E-state index contributed by atoms with van der Waals surface area (Å²) in [4.78, 5) is 11.2. The fourth-order valence-corrected chi connectivity index (χ4v) is 1.28. The van der Waals surface area contributed by atoms with E-state index in [1.165, 1.54) is 13.4 Å². The molecule has 0 unspecified atom stereocenters. The van der Waals surface area contributed by atoms with Crippen molar-refractivity contribution in [2.45, 2.75) is 6.54 Å². The molecule has 0 amide bonds. The van der Waals surface area contributed by atoms with E-state index in [9.17, 15) is 4.79 Å². The van der Waals surface area contributed by atoms with Crippen LogP contribution in [0.5, 0.6) is 0 Å². The smallest absolute Gasteiger partial charge is 0.374 e. The van der Waals surface area contributed by atoms with Gasteiger partial charge in [0.15, 0.2) is 0 Å². The molecule has 0 spiro atoms. The van der Waals surface area contributed by atoms with Crippen LogP contribution in [0.4, 0.5) is 0 Å². The molecule has 82 valence electrons. The highest BCUT2D eigenvalue weighted by Crippen LogP contribution is 2.11. The van der Waals surface area contributed by atoms with Crippen molar-refractivity contribution in [3.8, 4) is 0 Å². The lowest BCUT2D eigenvalue weighted by Gasteiger charge is -2.02. The minimum absolute atomic E-state index is 0.241. The van der Waals surface area contributed by atoms with Crippen LogP contribution in [0.2, 0.25) is 0 Å². The Morgan fingerprint density at radius 3 is 3.07 bits per heavy atom. The molecule has 1 rings (SSSR count). The Balaban J connectivity index is 2.57. The maximum absolute atomic E-state index is 11.2. The number of hydrogen-bond donors (Lipinski definition) is 1. The van der Waals surface area contributed by atoms with Gasteiger partial charge in [-0.3, -0.25) is 0 Å². The number of esters is 1. The van der Waals surface area contributed by atoms with E-state index in [2.05, 4.69) is 32.6 Å². The molecule has 0 bridgehead atoms. The van der Waals surface area contributed by atoms with Gasteiger partial charge in [0.05, 0.1) is 13.4 Å². The third-order valence-corrected chi connectivity index (χ3v) is 2.03. The second kappa shape index (κ2) is 5.72. The fourth-order valence-electron chi connectivity index (χ4n) is 1.08. The number of hydrogen-bond acceptors (Lipinski definition) is 4. The molecule has 0 aliphatic carbocycles. The Hall–Kier alpha value is -1.07. The second-order valence-electron chi connectivity index (χ2n) is 2.89. The van der Waals surface area contributed by atoms with E-state index >= 15 is 0 Å². The van der Waals surface area contributed by atoms with Crippen LogP contribution in [0.1, 0.15) is 16.1 Å². The van der Waals surface area contributed by atoms with Crippen molar-refractivity contribution in [1.29, 1.82) is 0 Å². The fraction of sp³-hybridized carbons (Fsp3) is 0.300. The minimum Gasteiger partial charge on any atom is -0.463 e. The molecule has 0 fully saturated rings. The van der Waals surface area contributed by atoms with Gasteiger partial charge in [0, 0.05) is 23.1 Å². The van der Waals surface area contributed by atoms with Crippen molar-refractivity contribution in [2.24, 2.45) is 0 Å². The van der Waals surface area contributed by atoms with Gasteiger partial charge in [0.2, 0.25) is 5.76 Å². The largest absolute Gasteiger partial charge is 0.463 e. The van der Waals surface area contributed by atoms with Crippen molar-refractivity contribution < 1.29 is 13.9 Å². The molecule has 4 nitrogen and oxygen atoms in total. The van der Waals surface area contributed by atoms with Gasteiger partial charge >= 0.3 is 5.97 Å². The third kappa shape index (κ3) is 3.53. The standard InChI is InChI=1S/C10H12BrNO3/c1-7(11)5-12-6-8-3-4-15-9(8)10(13)14-2/h3-4,12H,1,5-6H2,2H3. The molecule has 1 aromatic rings. The van der Waals surface area contributed by atoms with Crippen LogP contribution in [0.15, 0.2) is 27.8 Å². The molecule has 0 saturated heterocycles. The van der Waals surface area contributed by atoms with Crippen LogP contribution in [0.25, 0.3) is 0 Å². The van der Waals surface area contributed by atoms with Gasteiger partial charge in [-0.2, -0.15) is 0 Å². The molecule has 5 heteroatoms. The molecule has 0 atom stereocenters. The second-order valence-corrected chi connectivity index (χ2v) is 4.01. The van der Waals surface area contributed by atoms with E-state index in [1.54, 1.807) is 6.07 Å². The molecule has 1 heterocycles. The predicted molar refractivity (Wildman–Crippen MR) is 59.8 cm³/mol. The summed E-state index contributed by atoms with van der Waals surface area (Å²) in [7, 11) is 1.32. The molecule has 0 aromatic carbocycles. The van der Waals surface area contributed by atoms with Gasteiger partial charge < -0.3 is 14.5 Å². The zero-order valence-electron chi connectivity index (χ0n) is 8.38. The summed E-state index contributed by atoms with van der Waals surface area (Å²) in [6, 6.07) is 1.73. The zero-order valence-corrected chi connectivity index (χ0v) is 9.96. The van der Waals surface area contributed by atoms with E-state index < -0.39 is 5.97 Å². The summed E-state index contributed by atoms with van der Waals surface area (Å²) < 4.78 is 10.5. The van der Waals surface area contributed by atoms with Crippen molar-refractivity contribution in [3.05, 3.63) is 34.7 Å². The summed E-state index contributed by atoms with van der Waals surface area (Å²) >= 11 is 3.23. The molecular formula is C10H12BrNO3. The molecule has 15 heavy (non-hydrogen) atoms. The SMILES string of the molecule is C=C(Br)CNCc1ccoc1C(=O)OC. The van der Waals surface area contributed by atoms with Crippen LogP contribution in [0.3, 0.4) is 0 Å². The summed E-state index contributed by atoms with van der Waals surface area (Å²) in [5.74, 6) is -0.223. The lowest BCUT2D eigenvalue weighted by Crippen LogP contribution is -2.16. The normalized spacial score (nSPS) is 10.0. The number of ether oxygens (including phenoxy) is 1. The number of rotatable bonds is 5. The Morgan fingerprint density at radius 2 is 2.47 bits per heavy atom. The van der Waals surface area contributed by atoms with Crippen LogP contribution < -0.4 is 5.32 Å². The van der Waals surface area contributed by atoms with Crippen molar-refractivity contribution in [3.63, 3.8) is 0 Å². The molecule has 1 aromatic heterocycles. The van der Waals surface area contributed by atoms with Crippen molar-refractivity contribution in [1.82, 2.24) is 5.32 Å². The number of halogens is 1. The maximum atomic E-state index is 11.2. The van der Waals surface area contributed by atoms with Crippen LogP contribution in [0, 0.1) is 0 Å². The molecule has 0 radical (unpaired) electrons. The Labute approximate surface area is 96.4 Å². The number of nitrogens with one attached hydrogen (secondary N) is 1. The maximum Gasteiger partial charge on any atom is 0.374 e. The monoisotopic (exact) mass is 273 g/mol. The first-order valence-corrected chi connectivity index (χ1v) is 5.13. The van der Waals surface area contributed by atoms with E-state index in [-0.39, 0.29) is 5.76 Å². The highest BCUT2D eigenvalue weighted by atomic mass is 79.9. The van der Waals surface area contributed by atoms with E-state index in [4.69, 9.17) is 4.42 Å². The summed E-state index contributed by atoms with van der Waals surface area (Å²) in [5, 5.41) is 3.09. The van der Waals surface area contributed by atoms with E-state index in [0.717, 1.165) is 10.0 Å². The number of methoxy groups -OCH3 is 1. The first-order chi connectivity index (χ1) is 7.15. The number of carbonyl (C=O) groups is 1. The third-order valence-electron chi connectivity index (χ3n) is 1.75. The Kier molecular flexibility index (Phi) is 4.58. The highest BCUT2D eigenvalue weighted by molar-refractivity contribution is 9.11. The zero-order chi connectivity index (χ0) is 11.3. The lowest BCUT2D eigenvalue weighted by molar-refractivity contribution is 0.0563. The Morgan fingerprint density at radius 1 is 1.73 bits per heavy atom. The van der Waals surface area contributed by atoms with Gasteiger partial charge in [0.1, 0.15) is 0 Å². The van der Waals surface area contributed by atoms with Crippen LogP contribution in [-0.4, -0.2) is 19.6 Å². The predicted octanol–water partition coefficient (Wildman–Crippen LogP) is 2.06. The average Bonchev–Trinajstić information content (AvgIpc) is 2.64. The van der Waals surface area contributed by atoms with Gasteiger partial charge in [0.25, 0.3) is 0 Å². The summed E-state index contributed by atoms with van der Waals surface area (Å²) in [6.07, 6.45) is 1.46. The van der Waals surface area contributed by atoms with Gasteiger partial charge in [-0.05, 0) is 6.07 Å². The van der Waals surface area contributed by atoms with Gasteiger partial charge in [-0.15, -0.1) is 0 Å². The number of carbonyl (C=O) groups excluding carboxylic acids is 1. The molecule has 0 aliphatic heterocycles. The quantitative estimate of drug-likeness (QED) is 0.835.